The van der Waals surface area contributed by atoms with Crippen molar-refractivity contribution in [3.8, 4) is 17.3 Å². The number of nitrogens with one attached hydrogen (secondary N) is 3. The van der Waals surface area contributed by atoms with E-state index in [0.717, 1.165) is 37.2 Å². The molecule has 1 aliphatic rings. The van der Waals surface area contributed by atoms with Crippen LogP contribution in [-0.2, 0) is 0 Å². The minimum atomic E-state index is -0.564. The third-order valence-electron chi connectivity index (χ3n) is 5.25. The third kappa shape index (κ3) is 5.04. The molecular weight excluding hydrogens is 428 g/mol. The molecule has 3 heterocycles. The first-order valence-corrected chi connectivity index (χ1v) is 10.8. The molecule has 4 rings (SSSR count). The number of piperidine rings is 1. The average molecular weight is 451 g/mol. The van der Waals surface area contributed by atoms with Crippen LogP contribution in [0.25, 0.3) is 11.3 Å². The van der Waals surface area contributed by atoms with E-state index < -0.39 is 6.04 Å². The Labute approximate surface area is 190 Å². The Morgan fingerprint density at radius 1 is 1.28 bits per heavy atom. The van der Waals surface area contributed by atoms with Crippen LogP contribution >= 0.6 is 11.6 Å². The first kappa shape index (κ1) is 21.7. The molecule has 1 unspecified atom stereocenters. The van der Waals surface area contributed by atoms with E-state index in [1.54, 1.807) is 43.6 Å². The number of aromatic nitrogens is 4. The lowest BCUT2D eigenvalue weighted by Gasteiger charge is -2.22. The van der Waals surface area contributed by atoms with Crippen LogP contribution in [0.3, 0.4) is 0 Å². The monoisotopic (exact) mass is 450 g/mol. The van der Waals surface area contributed by atoms with Gasteiger partial charge in [0.05, 0.1) is 40.9 Å². The van der Waals surface area contributed by atoms with Gasteiger partial charge in [-0.1, -0.05) is 23.7 Å². The molecule has 1 aliphatic heterocycles. The van der Waals surface area contributed by atoms with Crippen molar-refractivity contribution in [1.82, 2.24) is 30.4 Å². The van der Waals surface area contributed by atoms with Crippen molar-refractivity contribution in [1.29, 1.82) is 5.26 Å². The predicted molar refractivity (Wildman–Crippen MR) is 122 cm³/mol. The van der Waals surface area contributed by atoms with Gasteiger partial charge in [-0.2, -0.15) is 10.4 Å². The van der Waals surface area contributed by atoms with Gasteiger partial charge >= 0.3 is 0 Å². The number of benzene rings is 1. The zero-order valence-corrected chi connectivity index (χ0v) is 18.3. The zero-order valence-electron chi connectivity index (χ0n) is 17.5. The summed E-state index contributed by atoms with van der Waals surface area (Å²) in [6, 6.07) is 8.67. The van der Waals surface area contributed by atoms with Crippen LogP contribution in [0.15, 0.2) is 42.9 Å². The van der Waals surface area contributed by atoms with Crippen LogP contribution in [0.2, 0.25) is 5.02 Å². The van der Waals surface area contributed by atoms with E-state index in [2.05, 4.69) is 31.0 Å². The van der Waals surface area contributed by atoms with Crippen molar-refractivity contribution in [3.63, 3.8) is 0 Å². The van der Waals surface area contributed by atoms with E-state index in [4.69, 9.17) is 16.9 Å². The summed E-state index contributed by atoms with van der Waals surface area (Å²) in [6.45, 7) is 3.61. The summed E-state index contributed by atoms with van der Waals surface area (Å²) in [5.41, 5.74) is 2.54. The van der Waals surface area contributed by atoms with Gasteiger partial charge < -0.3 is 16.0 Å². The minimum Gasteiger partial charge on any atom is -0.337 e. The summed E-state index contributed by atoms with van der Waals surface area (Å²) < 4.78 is 1.98. The molecule has 2 aromatic heterocycles. The number of nitrogens with zero attached hydrogens (tertiary/aromatic N) is 5. The van der Waals surface area contributed by atoms with E-state index in [-0.39, 0.29) is 5.91 Å². The summed E-state index contributed by atoms with van der Waals surface area (Å²) in [7, 11) is 0. The van der Waals surface area contributed by atoms with Gasteiger partial charge in [0.25, 0.3) is 5.91 Å². The first-order valence-electron chi connectivity index (χ1n) is 10.4. The molecule has 3 N–H and O–H groups in total. The van der Waals surface area contributed by atoms with Crippen molar-refractivity contribution in [2.45, 2.75) is 31.8 Å². The summed E-state index contributed by atoms with van der Waals surface area (Å²) >= 11 is 6.34. The fourth-order valence-electron chi connectivity index (χ4n) is 3.52. The lowest BCUT2D eigenvalue weighted by molar-refractivity contribution is 0.0948. The van der Waals surface area contributed by atoms with Gasteiger partial charge in [-0.25, -0.2) is 9.97 Å². The zero-order chi connectivity index (χ0) is 22.5. The molecule has 0 radical (unpaired) electrons. The number of amides is 1. The molecule has 1 saturated heterocycles. The smallest absolute Gasteiger partial charge is 0.252 e. The Morgan fingerprint density at radius 2 is 2.03 bits per heavy atom. The maximum absolute atomic E-state index is 12.2. The largest absolute Gasteiger partial charge is 0.337 e. The van der Waals surface area contributed by atoms with Gasteiger partial charge in [0, 0.05) is 17.3 Å². The number of nitriles is 1. The quantitative estimate of drug-likeness (QED) is 0.526. The highest BCUT2D eigenvalue weighted by Gasteiger charge is 2.16. The van der Waals surface area contributed by atoms with E-state index in [1.807, 2.05) is 16.9 Å². The number of hydrogen-bond acceptors (Lipinski definition) is 7. The summed E-state index contributed by atoms with van der Waals surface area (Å²) in [4.78, 5) is 21.0. The van der Waals surface area contributed by atoms with Crippen molar-refractivity contribution < 1.29 is 4.79 Å². The molecule has 1 fully saturated rings. The molecule has 1 atom stereocenters. The molecule has 3 aromatic rings. The first-order chi connectivity index (χ1) is 15.5. The topological polar surface area (TPSA) is 121 Å². The Bertz CT molecular complexity index is 1130. The number of anilines is 2. The molecule has 1 aromatic carbocycles. The predicted octanol–water partition coefficient (Wildman–Crippen LogP) is 3.30. The number of hydrogen-bond donors (Lipinski definition) is 3. The fourth-order valence-corrected chi connectivity index (χ4v) is 3.72. The van der Waals surface area contributed by atoms with Crippen LogP contribution in [0.1, 0.15) is 36.2 Å². The van der Waals surface area contributed by atoms with Crippen molar-refractivity contribution >= 4 is 29.1 Å². The van der Waals surface area contributed by atoms with Crippen LogP contribution in [0.5, 0.6) is 0 Å². The van der Waals surface area contributed by atoms with E-state index >= 15 is 0 Å². The highest BCUT2D eigenvalue weighted by molar-refractivity contribution is 6.32. The Morgan fingerprint density at radius 3 is 2.75 bits per heavy atom. The van der Waals surface area contributed by atoms with Crippen molar-refractivity contribution in [2.75, 3.05) is 18.4 Å². The molecule has 1 amide bonds. The highest BCUT2D eigenvalue weighted by atomic mass is 35.5. The second kappa shape index (κ2) is 9.77. The molecule has 0 aliphatic carbocycles. The Hall–Kier alpha value is -3.48. The molecular formula is C22H23ClN8O. The lowest BCUT2D eigenvalue weighted by atomic mass is 10.1. The second-order valence-electron chi connectivity index (χ2n) is 7.61. The number of rotatable bonds is 6. The Balaban J connectivity index is 1.49. The van der Waals surface area contributed by atoms with E-state index in [1.165, 1.54) is 0 Å². The molecule has 9 nitrogen and oxygen atoms in total. The van der Waals surface area contributed by atoms with Gasteiger partial charge in [-0.05, 0) is 45.0 Å². The van der Waals surface area contributed by atoms with Gasteiger partial charge in [0.15, 0.2) is 0 Å². The fraction of sp³-hybridized carbons (Fsp3) is 0.318. The number of halogens is 1. The highest BCUT2D eigenvalue weighted by Crippen LogP contribution is 2.28. The Kier molecular flexibility index (Phi) is 6.63. The van der Waals surface area contributed by atoms with Gasteiger partial charge in [0.2, 0.25) is 5.95 Å². The summed E-state index contributed by atoms with van der Waals surface area (Å²) in [5, 5.41) is 22.9. The minimum absolute atomic E-state index is 0.313. The number of carbonyl (C=O) groups excluding carboxylic acids is 1. The van der Waals surface area contributed by atoms with Crippen LogP contribution in [-0.4, -0.2) is 44.8 Å². The SMILES string of the molecule is CC(C#N)NC(=O)c1ccc(-c2nc(Nc3cnn(C4CCNCC4)c3)ncc2Cl)cc1. The van der Waals surface area contributed by atoms with Crippen molar-refractivity contribution in [3.05, 3.63) is 53.4 Å². The normalized spacial score (nSPS) is 15.0. The van der Waals surface area contributed by atoms with Gasteiger partial charge in [0.1, 0.15) is 6.04 Å². The van der Waals surface area contributed by atoms with E-state index in [0.29, 0.717) is 28.3 Å². The van der Waals surface area contributed by atoms with E-state index in [9.17, 15) is 4.79 Å². The lowest BCUT2D eigenvalue weighted by Crippen LogP contribution is -2.31. The molecule has 164 valence electrons. The van der Waals surface area contributed by atoms with Crippen LogP contribution in [0.4, 0.5) is 11.6 Å². The van der Waals surface area contributed by atoms with Gasteiger partial charge in [-0.3, -0.25) is 9.48 Å². The molecule has 10 heteroatoms. The van der Waals surface area contributed by atoms with Crippen LogP contribution < -0.4 is 16.0 Å². The average Bonchev–Trinajstić information content (AvgIpc) is 3.29. The molecule has 0 bridgehead atoms. The van der Waals surface area contributed by atoms with Gasteiger partial charge in [-0.15, -0.1) is 0 Å². The maximum Gasteiger partial charge on any atom is 0.252 e. The standard InChI is InChI=1S/C22H23ClN8O/c1-14(10-24)28-21(32)16-4-2-15(3-5-16)20-19(23)12-26-22(30-20)29-17-11-27-31(13-17)18-6-8-25-9-7-18/h2-5,11-14,18,25H,6-9H2,1H3,(H,28,32)(H,26,29,30). The van der Waals surface area contributed by atoms with Crippen LogP contribution in [0, 0.1) is 11.3 Å². The maximum atomic E-state index is 12.2. The summed E-state index contributed by atoms with van der Waals surface area (Å²) in [6.07, 6.45) is 7.36. The second-order valence-corrected chi connectivity index (χ2v) is 8.01. The molecule has 0 saturated carbocycles. The molecule has 32 heavy (non-hydrogen) atoms. The number of carbonyl (C=O) groups is 1. The molecule has 0 spiro atoms. The van der Waals surface area contributed by atoms with Crippen molar-refractivity contribution in [2.24, 2.45) is 0 Å². The third-order valence-corrected chi connectivity index (χ3v) is 5.52. The summed E-state index contributed by atoms with van der Waals surface area (Å²) in [5.74, 6) is 0.0893.